The van der Waals surface area contributed by atoms with Crippen LogP contribution in [-0.2, 0) is 4.74 Å². The van der Waals surface area contributed by atoms with Gasteiger partial charge in [-0.2, -0.15) is 0 Å². The molecular formula is C10H16N4O. The number of anilines is 2. The van der Waals surface area contributed by atoms with Crippen molar-refractivity contribution < 1.29 is 4.74 Å². The minimum Gasteiger partial charge on any atom is -0.384 e. The summed E-state index contributed by atoms with van der Waals surface area (Å²) in [6.07, 6.45) is 1.95. The van der Waals surface area contributed by atoms with Gasteiger partial charge in [0.1, 0.15) is 18.0 Å². The standard InChI is InChI=1S/C10H16N4O/c1-7-4-14(5-8(2)15-7)10-3-9(11)12-6-13-10/h3,6-8H,4-5H2,1-2H3,(H2,11,12,13)/t7-,8+. The molecule has 0 amide bonds. The van der Waals surface area contributed by atoms with E-state index in [0.717, 1.165) is 18.9 Å². The Morgan fingerprint density at radius 3 is 2.60 bits per heavy atom. The quantitative estimate of drug-likeness (QED) is 0.735. The third-order valence-corrected chi connectivity index (χ3v) is 2.42. The molecule has 0 aliphatic carbocycles. The first-order chi connectivity index (χ1) is 7.15. The van der Waals surface area contributed by atoms with Crippen molar-refractivity contribution in [2.24, 2.45) is 0 Å². The molecule has 1 saturated heterocycles. The number of rotatable bonds is 1. The highest BCUT2D eigenvalue weighted by Crippen LogP contribution is 2.18. The molecule has 5 nitrogen and oxygen atoms in total. The van der Waals surface area contributed by atoms with Gasteiger partial charge in [-0.1, -0.05) is 0 Å². The number of ether oxygens (including phenoxy) is 1. The van der Waals surface area contributed by atoms with Gasteiger partial charge < -0.3 is 15.4 Å². The number of morpholine rings is 1. The van der Waals surface area contributed by atoms with E-state index in [-0.39, 0.29) is 12.2 Å². The molecule has 0 unspecified atom stereocenters. The van der Waals surface area contributed by atoms with Crippen molar-refractivity contribution in [3.63, 3.8) is 0 Å². The molecule has 0 bridgehead atoms. The van der Waals surface area contributed by atoms with E-state index in [9.17, 15) is 0 Å². The van der Waals surface area contributed by atoms with Gasteiger partial charge in [0.25, 0.3) is 0 Å². The first kappa shape index (κ1) is 10.2. The van der Waals surface area contributed by atoms with Gasteiger partial charge in [0.05, 0.1) is 12.2 Å². The molecule has 0 saturated carbocycles. The number of hydrogen-bond acceptors (Lipinski definition) is 5. The summed E-state index contributed by atoms with van der Waals surface area (Å²) in [6, 6.07) is 1.80. The van der Waals surface area contributed by atoms with E-state index in [1.54, 1.807) is 6.07 Å². The molecule has 1 aliphatic heterocycles. The maximum Gasteiger partial charge on any atom is 0.134 e. The van der Waals surface area contributed by atoms with Gasteiger partial charge >= 0.3 is 0 Å². The fourth-order valence-corrected chi connectivity index (χ4v) is 1.90. The summed E-state index contributed by atoms with van der Waals surface area (Å²) in [6.45, 7) is 5.82. The molecule has 15 heavy (non-hydrogen) atoms. The van der Waals surface area contributed by atoms with E-state index < -0.39 is 0 Å². The third-order valence-electron chi connectivity index (χ3n) is 2.42. The molecule has 1 aromatic rings. The van der Waals surface area contributed by atoms with Crippen molar-refractivity contribution in [1.82, 2.24) is 9.97 Å². The van der Waals surface area contributed by atoms with Crippen molar-refractivity contribution in [1.29, 1.82) is 0 Å². The van der Waals surface area contributed by atoms with Crippen LogP contribution in [0, 0.1) is 0 Å². The zero-order valence-corrected chi connectivity index (χ0v) is 9.05. The Morgan fingerprint density at radius 2 is 2.00 bits per heavy atom. The maximum atomic E-state index is 5.65. The average Bonchev–Trinajstić information content (AvgIpc) is 2.16. The van der Waals surface area contributed by atoms with Crippen LogP contribution in [0.3, 0.4) is 0 Å². The van der Waals surface area contributed by atoms with Crippen molar-refractivity contribution in [2.45, 2.75) is 26.1 Å². The summed E-state index contributed by atoms with van der Waals surface area (Å²) in [5.74, 6) is 1.39. The lowest BCUT2D eigenvalue weighted by Crippen LogP contribution is -2.45. The molecule has 0 aromatic carbocycles. The molecule has 1 fully saturated rings. The summed E-state index contributed by atoms with van der Waals surface area (Å²) in [5.41, 5.74) is 5.63. The molecule has 2 rings (SSSR count). The molecule has 2 heterocycles. The number of hydrogen-bond donors (Lipinski definition) is 1. The van der Waals surface area contributed by atoms with Gasteiger partial charge in [-0.05, 0) is 13.8 Å². The van der Waals surface area contributed by atoms with Gasteiger partial charge in [-0.25, -0.2) is 9.97 Å². The minimum atomic E-state index is 0.227. The highest BCUT2D eigenvalue weighted by Gasteiger charge is 2.23. The Hall–Kier alpha value is -1.36. The Kier molecular flexibility index (Phi) is 2.73. The van der Waals surface area contributed by atoms with Crippen LogP contribution in [0.25, 0.3) is 0 Å². The predicted molar refractivity (Wildman–Crippen MR) is 58.7 cm³/mol. The zero-order chi connectivity index (χ0) is 10.8. The SMILES string of the molecule is C[C@@H]1CN(c2cc(N)ncn2)C[C@H](C)O1. The lowest BCUT2D eigenvalue weighted by atomic mass is 10.2. The summed E-state index contributed by atoms with van der Waals surface area (Å²) in [7, 11) is 0. The smallest absolute Gasteiger partial charge is 0.134 e. The van der Waals surface area contributed by atoms with Crippen molar-refractivity contribution >= 4 is 11.6 Å². The highest BCUT2D eigenvalue weighted by atomic mass is 16.5. The number of nitrogen functional groups attached to an aromatic ring is 1. The summed E-state index contributed by atoms with van der Waals surface area (Å²) >= 11 is 0. The summed E-state index contributed by atoms with van der Waals surface area (Å²) in [5, 5.41) is 0. The molecule has 5 heteroatoms. The molecular weight excluding hydrogens is 192 g/mol. The second kappa shape index (κ2) is 4.02. The Labute approximate surface area is 89.3 Å². The monoisotopic (exact) mass is 208 g/mol. The van der Waals surface area contributed by atoms with E-state index in [0.29, 0.717) is 5.82 Å². The van der Waals surface area contributed by atoms with Gasteiger partial charge in [-0.15, -0.1) is 0 Å². The fraction of sp³-hybridized carbons (Fsp3) is 0.600. The van der Waals surface area contributed by atoms with Crippen molar-refractivity contribution in [3.8, 4) is 0 Å². The number of aromatic nitrogens is 2. The molecule has 1 aromatic heterocycles. The average molecular weight is 208 g/mol. The van der Waals surface area contributed by atoms with Crippen LogP contribution in [0.15, 0.2) is 12.4 Å². The first-order valence-electron chi connectivity index (χ1n) is 5.13. The van der Waals surface area contributed by atoms with Crippen LogP contribution in [0.1, 0.15) is 13.8 Å². The summed E-state index contributed by atoms with van der Waals surface area (Å²) < 4.78 is 5.65. The Balaban J connectivity index is 2.16. The van der Waals surface area contributed by atoms with E-state index in [1.165, 1.54) is 6.33 Å². The Bertz CT molecular complexity index is 334. The molecule has 82 valence electrons. The predicted octanol–water partition coefficient (Wildman–Crippen LogP) is 0.672. The molecule has 2 atom stereocenters. The van der Waals surface area contributed by atoms with Gasteiger partial charge in [-0.3, -0.25) is 0 Å². The lowest BCUT2D eigenvalue weighted by molar-refractivity contribution is -0.00546. The van der Waals surface area contributed by atoms with Crippen LogP contribution in [0.4, 0.5) is 11.6 Å². The van der Waals surface area contributed by atoms with Gasteiger partial charge in [0.2, 0.25) is 0 Å². The van der Waals surface area contributed by atoms with E-state index in [2.05, 4.69) is 28.7 Å². The van der Waals surface area contributed by atoms with Crippen LogP contribution >= 0.6 is 0 Å². The normalized spacial score (nSPS) is 26.7. The van der Waals surface area contributed by atoms with Crippen molar-refractivity contribution in [2.75, 3.05) is 23.7 Å². The van der Waals surface area contributed by atoms with Crippen LogP contribution < -0.4 is 10.6 Å². The van der Waals surface area contributed by atoms with Gasteiger partial charge in [0, 0.05) is 19.2 Å². The summed E-state index contributed by atoms with van der Waals surface area (Å²) in [4.78, 5) is 10.3. The first-order valence-corrected chi connectivity index (χ1v) is 5.13. The minimum absolute atomic E-state index is 0.227. The van der Waals surface area contributed by atoms with Gasteiger partial charge in [0.15, 0.2) is 0 Å². The van der Waals surface area contributed by atoms with Crippen LogP contribution in [0.5, 0.6) is 0 Å². The second-order valence-corrected chi connectivity index (χ2v) is 3.96. The zero-order valence-electron chi connectivity index (χ0n) is 9.05. The van der Waals surface area contributed by atoms with E-state index in [1.807, 2.05) is 0 Å². The highest BCUT2D eigenvalue weighted by molar-refractivity contribution is 5.46. The Morgan fingerprint density at radius 1 is 1.33 bits per heavy atom. The van der Waals surface area contributed by atoms with E-state index >= 15 is 0 Å². The van der Waals surface area contributed by atoms with Crippen molar-refractivity contribution in [3.05, 3.63) is 12.4 Å². The largest absolute Gasteiger partial charge is 0.384 e. The third kappa shape index (κ3) is 2.36. The topological polar surface area (TPSA) is 64.3 Å². The molecule has 1 aliphatic rings. The molecule has 2 N–H and O–H groups in total. The van der Waals surface area contributed by atoms with E-state index in [4.69, 9.17) is 10.5 Å². The second-order valence-electron chi connectivity index (χ2n) is 3.96. The number of nitrogens with two attached hydrogens (primary N) is 1. The number of nitrogens with zero attached hydrogens (tertiary/aromatic N) is 3. The lowest BCUT2D eigenvalue weighted by Gasteiger charge is -2.35. The van der Waals surface area contributed by atoms with Crippen LogP contribution in [-0.4, -0.2) is 35.3 Å². The molecule has 0 radical (unpaired) electrons. The van der Waals surface area contributed by atoms with Crippen LogP contribution in [0.2, 0.25) is 0 Å². The molecule has 0 spiro atoms. The maximum absolute atomic E-state index is 5.65. The fourth-order valence-electron chi connectivity index (χ4n) is 1.90.